The Labute approximate surface area is 170 Å². The Morgan fingerprint density at radius 3 is 2.79 bits per heavy atom. The molecule has 3 heterocycles. The molecule has 4 aromatic rings. The van der Waals surface area contributed by atoms with Gasteiger partial charge >= 0.3 is 0 Å². The number of rotatable bonds is 6. The molecule has 3 aromatic heterocycles. The molecule has 0 aliphatic heterocycles. The third kappa shape index (κ3) is 4.03. The SMILES string of the molecule is CC[C@H](CO)NC(=O)c1nc(-c2cnc3[nH]c(-c4ccc(F)cc4)cc3c2)cs1. The van der Waals surface area contributed by atoms with Gasteiger partial charge < -0.3 is 15.4 Å². The quantitative estimate of drug-likeness (QED) is 0.448. The van der Waals surface area contributed by atoms with E-state index in [0.717, 1.165) is 27.9 Å². The second kappa shape index (κ2) is 8.10. The van der Waals surface area contributed by atoms with Gasteiger partial charge in [0.2, 0.25) is 0 Å². The molecule has 8 heteroatoms. The van der Waals surface area contributed by atoms with Crippen LogP contribution in [-0.4, -0.2) is 38.6 Å². The van der Waals surface area contributed by atoms with Crippen LogP contribution in [0, 0.1) is 5.82 Å². The summed E-state index contributed by atoms with van der Waals surface area (Å²) in [6, 6.07) is 9.88. The molecule has 0 radical (unpaired) electrons. The van der Waals surface area contributed by atoms with Crippen molar-refractivity contribution in [2.24, 2.45) is 0 Å². The highest BCUT2D eigenvalue weighted by molar-refractivity contribution is 7.12. The van der Waals surface area contributed by atoms with E-state index in [1.54, 1.807) is 18.3 Å². The van der Waals surface area contributed by atoms with Gasteiger partial charge in [-0.05, 0) is 48.4 Å². The number of halogens is 1. The van der Waals surface area contributed by atoms with Gasteiger partial charge in [-0.1, -0.05) is 6.92 Å². The minimum absolute atomic E-state index is 0.106. The summed E-state index contributed by atoms with van der Waals surface area (Å²) in [5.74, 6) is -0.575. The first-order valence-electron chi connectivity index (χ1n) is 9.19. The lowest BCUT2D eigenvalue weighted by Gasteiger charge is -2.12. The highest BCUT2D eigenvalue weighted by Gasteiger charge is 2.16. The molecule has 148 valence electrons. The Morgan fingerprint density at radius 1 is 1.28 bits per heavy atom. The summed E-state index contributed by atoms with van der Waals surface area (Å²) in [6.07, 6.45) is 2.34. The Morgan fingerprint density at radius 2 is 2.07 bits per heavy atom. The normalized spacial score (nSPS) is 12.2. The van der Waals surface area contributed by atoms with Gasteiger partial charge in [0.15, 0.2) is 5.01 Å². The van der Waals surface area contributed by atoms with Crippen LogP contribution in [0.15, 0.2) is 48.0 Å². The number of benzene rings is 1. The predicted molar refractivity (Wildman–Crippen MR) is 111 cm³/mol. The highest BCUT2D eigenvalue weighted by Crippen LogP contribution is 2.28. The molecule has 4 rings (SSSR count). The number of thiazole rings is 1. The first-order valence-corrected chi connectivity index (χ1v) is 10.1. The number of fused-ring (bicyclic) bond motifs is 1. The van der Waals surface area contributed by atoms with Crippen molar-refractivity contribution in [3.8, 4) is 22.5 Å². The average molecular weight is 410 g/mol. The number of carbonyl (C=O) groups excluding carboxylic acids is 1. The van der Waals surface area contributed by atoms with E-state index >= 15 is 0 Å². The van der Waals surface area contributed by atoms with Crippen molar-refractivity contribution >= 4 is 28.3 Å². The predicted octanol–water partition coefficient (Wildman–Crippen LogP) is 3.99. The molecule has 0 aliphatic carbocycles. The first kappa shape index (κ1) is 19.2. The summed E-state index contributed by atoms with van der Waals surface area (Å²) >= 11 is 1.25. The van der Waals surface area contributed by atoms with Crippen molar-refractivity contribution in [2.75, 3.05) is 6.61 Å². The summed E-state index contributed by atoms with van der Waals surface area (Å²) in [5, 5.41) is 15.1. The van der Waals surface area contributed by atoms with Gasteiger partial charge in [-0.3, -0.25) is 4.79 Å². The zero-order valence-corrected chi connectivity index (χ0v) is 16.5. The largest absolute Gasteiger partial charge is 0.394 e. The number of hydrogen-bond donors (Lipinski definition) is 3. The van der Waals surface area contributed by atoms with E-state index in [4.69, 9.17) is 0 Å². The Kier molecular flexibility index (Phi) is 5.37. The van der Waals surface area contributed by atoms with E-state index in [1.807, 2.05) is 24.4 Å². The molecule has 1 amide bonds. The van der Waals surface area contributed by atoms with Gasteiger partial charge in [0.1, 0.15) is 11.5 Å². The van der Waals surface area contributed by atoms with Crippen LogP contribution in [0.1, 0.15) is 23.1 Å². The smallest absolute Gasteiger partial charge is 0.280 e. The molecular weight excluding hydrogens is 391 g/mol. The fourth-order valence-electron chi connectivity index (χ4n) is 2.97. The lowest BCUT2D eigenvalue weighted by molar-refractivity contribution is 0.0914. The van der Waals surface area contributed by atoms with Gasteiger partial charge in [0.25, 0.3) is 5.91 Å². The van der Waals surface area contributed by atoms with Gasteiger partial charge in [-0.15, -0.1) is 11.3 Å². The third-order valence-electron chi connectivity index (χ3n) is 4.67. The molecule has 29 heavy (non-hydrogen) atoms. The first-order chi connectivity index (χ1) is 14.1. The van der Waals surface area contributed by atoms with Crippen molar-refractivity contribution in [3.05, 3.63) is 58.8 Å². The number of amides is 1. The number of nitrogens with one attached hydrogen (secondary N) is 2. The fraction of sp³-hybridized carbons (Fsp3) is 0.190. The van der Waals surface area contributed by atoms with Crippen LogP contribution < -0.4 is 5.32 Å². The van der Waals surface area contributed by atoms with Crippen LogP contribution in [-0.2, 0) is 0 Å². The molecule has 0 saturated carbocycles. The van der Waals surface area contributed by atoms with E-state index in [-0.39, 0.29) is 24.4 Å². The third-order valence-corrected chi connectivity index (χ3v) is 5.51. The molecule has 0 saturated heterocycles. The molecule has 0 unspecified atom stereocenters. The molecule has 3 N–H and O–H groups in total. The highest BCUT2D eigenvalue weighted by atomic mass is 32.1. The Balaban J connectivity index is 1.59. The number of aliphatic hydroxyl groups excluding tert-OH is 1. The summed E-state index contributed by atoms with van der Waals surface area (Å²) < 4.78 is 13.1. The van der Waals surface area contributed by atoms with Crippen molar-refractivity contribution in [1.29, 1.82) is 0 Å². The minimum atomic E-state index is -0.295. The number of hydrogen-bond acceptors (Lipinski definition) is 5. The number of pyridine rings is 1. The van der Waals surface area contributed by atoms with Crippen LogP contribution in [0.4, 0.5) is 4.39 Å². The zero-order valence-electron chi connectivity index (χ0n) is 15.6. The van der Waals surface area contributed by atoms with E-state index < -0.39 is 0 Å². The van der Waals surface area contributed by atoms with E-state index in [1.165, 1.54) is 23.5 Å². The number of aliphatic hydroxyl groups is 1. The number of nitrogens with zero attached hydrogens (tertiary/aromatic N) is 2. The van der Waals surface area contributed by atoms with Crippen molar-refractivity contribution in [2.45, 2.75) is 19.4 Å². The summed E-state index contributed by atoms with van der Waals surface area (Å²) in [5.41, 5.74) is 3.89. The second-order valence-electron chi connectivity index (χ2n) is 6.65. The maximum absolute atomic E-state index is 13.1. The average Bonchev–Trinajstić information content (AvgIpc) is 3.39. The van der Waals surface area contributed by atoms with Gasteiger partial charge in [0, 0.05) is 28.2 Å². The fourth-order valence-corrected chi connectivity index (χ4v) is 3.70. The van der Waals surface area contributed by atoms with Gasteiger partial charge in [-0.25, -0.2) is 14.4 Å². The maximum atomic E-state index is 13.1. The van der Waals surface area contributed by atoms with Crippen molar-refractivity contribution in [3.63, 3.8) is 0 Å². The van der Waals surface area contributed by atoms with Crippen LogP contribution in [0.2, 0.25) is 0 Å². The molecule has 1 aromatic carbocycles. The van der Waals surface area contributed by atoms with Crippen LogP contribution >= 0.6 is 11.3 Å². The van der Waals surface area contributed by atoms with Gasteiger partial charge in [0.05, 0.1) is 18.3 Å². The molecule has 0 fully saturated rings. The molecular formula is C21H19FN4O2S. The minimum Gasteiger partial charge on any atom is -0.394 e. The summed E-state index contributed by atoms with van der Waals surface area (Å²) in [6.45, 7) is 1.79. The Hall–Kier alpha value is -3.10. The number of aromatic nitrogens is 3. The monoisotopic (exact) mass is 410 g/mol. The number of carbonyl (C=O) groups is 1. The maximum Gasteiger partial charge on any atom is 0.280 e. The topological polar surface area (TPSA) is 90.9 Å². The van der Waals surface area contributed by atoms with Gasteiger partial charge in [-0.2, -0.15) is 0 Å². The number of H-pyrrole nitrogens is 1. The van der Waals surface area contributed by atoms with Crippen molar-refractivity contribution < 1.29 is 14.3 Å². The summed E-state index contributed by atoms with van der Waals surface area (Å²) in [4.78, 5) is 24.4. The van der Waals surface area contributed by atoms with Crippen LogP contribution in [0.25, 0.3) is 33.5 Å². The molecule has 1 atom stereocenters. The lowest BCUT2D eigenvalue weighted by Crippen LogP contribution is -2.36. The molecule has 0 aliphatic rings. The lowest BCUT2D eigenvalue weighted by atomic mass is 10.1. The van der Waals surface area contributed by atoms with Crippen LogP contribution in [0.5, 0.6) is 0 Å². The molecule has 0 spiro atoms. The molecule has 6 nitrogen and oxygen atoms in total. The standard InChI is InChI=1S/C21H19FN4O2S/c1-2-16(10-27)24-20(28)21-26-18(11-29-21)14-7-13-8-17(25-19(13)23-9-14)12-3-5-15(22)6-4-12/h3-9,11,16,27H,2,10H2,1H3,(H,23,25)(H,24,28)/t16-/m1/s1. The summed E-state index contributed by atoms with van der Waals surface area (Å²) in [7, 11) is 0. The zero-order chi connectivity index (χ0) is 20.4. The van der Waals surface area contributed by atoms with Crippen LogP contribution in [0.3, 0.4) is 0 Å². The Bertz CT molecular complexity index is 1150. The molecule has 0 bridgehead atoms. The van der Waals surface area contributed by atoms with E-state index in [0.29, 0.717) is 17.1 Å². The van der Waals surface area contributed by atoms with Crippen molar-refractivity contribution in [1.82, 2.24) is 20.3 Å². The van der Waals surface area contributed by atoms with E-state index in [2.05, 4.69) is 20.3 Å². The number of aromatic amines is 1. The second-order valence-corrected chi connectivity index (χ2v) is 7.51. The van der Waals surface area contributed by atoms with E-state index in [9.17, 15) is 14.3 Å².